The van der Waals surface area contributed by atoms with Crippen LogP contribution in [0.2, 0.25) is 0 Å². The Morgan fingerprint density at radius 1 is 0.900 bits per heavy atom. The second-order valence-corrected chi connectivity index (χ2v) is 7.31. The van der Waals surface area contributed by atoms with Gasteiger partial charge in [-0.25, -0.2) is 4.98 Å². The monoisotopic (exact) mass is 398 g/mol. The molecule has 2 heterocycles. The summed E-state index contributed by atoms with van der Waals surface area (Å²) >= 11 is 0. The van der Waals surface area contributed by atoms with Gasteiger partial charge in [-0.3, -0.25) is 4.79 Å². The van der Waals surface area contributed by atoms with Gasteiger partial charge in [0.05, 0.1) is 11.9 Å². The summed E-state index contributed by atoms with van der Waals surface area (Å²) in [6.07, 6.45) is 6.55. The van der Waals surface area contributed by atoms with E-state index in [2.05, 4.69) is 57.1 Å². The zero-order chi connectivity index (χ0) is 20.6. The minimum Gasteiger partial charge on any atom is -0.383 e. The summed E-state index contributed by atoms with van der Waals surface area (Å²) in [5.41, 5.74) is 5.09. The Morgan fingerprint density at radius 2 is 1.73 bits per heavy atom. The number of carbonyl (C=O) groups is 1. The number of para-hydroxylation sites is 1. The average molecular weight is 399 g/mol. The van der Waals surface area contributed by atoms with Crippen LogP contribution in [0.4, 0.5) is 5.69 Å². The lowest BCUT2D eigenvalue weighted by atomic mass is 10.1. The molecule has 1 amide bonds. The Morgan fingerprint density at radius 3 is 2.57 bits per heavy atom. The van der Waals surface area contributed by atoms with E-state index in [0.29, 0.717) is 12.2 Å². The molecule has 0 aliphatic carbocycles. The number of nitrogens with zero attached hydrogens (tertiary/aromatic N) is 1. The average Bonchev–Trinajstić information content (AvgIpc) is 3.21. The van der Waals surface area contributed by atoms with Gasteiger partial charge in [0.2, 0.25) is 0 Å². The third kappa shape index (κ3) is 5.06. The molecule has 2 aromatic carbocycles. The number of anilines is 1. The van der Waals surface area contributed by atoms with Crippen LogP contribution in [0, 0.1) is 0 Å². The molecule has 2 aromatic heterocycles. The molecular formula is C25H26N4O. The smallest absolute Gasteiger partial charge is 0.269 e. The number of aryl methyl sites for hydroxylation is 1. The van der Waals surface area contributed by atoms with Crippen molar-refractivity contribution in [3.8, 4) is 0 Å². The number of hydrogen-bond acceptors (Lipinski definition) is 3. The van der Waals surface area contributed by atoms with Crippen LogP contribution in [0.25, 0.3) is 10.9 Å². The number of aromatic amines is 1. The van der Waals surface area contributed by atoms with Gasteiger partial charge in [0.15, 0.2) is 0 Å². The molecule has 0 bridgehead atoms. The number of fused-ring (bicyclic) bond motifs is 1. The SMILES string of the molecule is O=C(NCCCc1ccccc1)c1ccc(NCCc2c[nH]c3ccccc23)cn1. The first-order valence-corrected chi connectivity index (χ1v) is 10.4. The molecule has 5 nitrogen and oxygen atoms in total. The van der Waals surface area contributed by atoms with Crippen molar-refractivity contribution in [2.45, 2.75) is 19.3 Å². The van der Waals surface area contributed by atoms with E-state index >= 15 is 0 Å². The van der Waals surface area contributed by atoms with Crippen molar-refractivity contribution in [3.05, 3.63) is 95.9 Å². The van der Waals surface area contributed by atoms with Crippen molar-refractivity contribution in [3.63, 3.8) is 0 Å². The summed E-state index contributed by atoms with van der Waals surface area (Å²) in [7, 11) is 0. The molecule has 4 rings (SSSR count). The maximum Gasteiger partial charge on any atom is 0.269 e. The van der Waals surface area contributed by atoms with E-state index in [1.54, 1.807) is 12.3 Å². The van der Waals surface area contributed by atoms with Crippen LogP contribution in [0.15, 0.2) is 79.1 Å². The lowest BCUT2D eigenvalue weighted by molar-refractivity contribution is 0.0948. The molecule has 152 valence electrons. The van der Waals surface area contributed by atoms with E-state index in [4.69, 9.17) is 0 Å². The van der Waals surface area contributed by atoms with Crippen molar-refractivity contribution in [2.75, 3.05) is 18.4 Å². The molecule has 0 atom stereocenters. The highest BCUT2D eigenvalue weighted by atomic mass is 16.1. The highest BCUT2D eigenvalue weighted by molar-refractivity contribution is 5.92. The van der Waals surface area contributed by atoms with Crippen LogP contribution in [-0.2, 0) is 12.8 Å². The summed E-state index contributed by atoms with van der Waals surface area (Å²) in [4.78, 5) is 19.9. The van der Waals surface area contributed by atoms with Crippen molar-refractivity contribution in [1.29, 1.82) is 0 Å². The molecule has 0 aliphatic heterocycles. The van der Waals surface area contributed by atoms with Crippen molar-refractivity contribution < 1.29 is 4.79 Å². The number of benzene rings is 2. The van der Waals surface area contributed by atoms with Crippen LogP contribution < -0.4 is 10.6 Å². The van der Waals surface area contributed by atoms with Gasteiger partial charge in [-0.05, 0) is 48.6 Å². The Bertz CT molecular complexity index is 1090. The molecule has 0 radical (unpaired) electrons. The Balaban J connectivity index is 1.21. The first-order chi connectivity index (χ1) is 14.8. The molecule has 0 unspecified atom stereocenters. The fraction of sp³-hybridized carbons (Fsp3) is 0.200. The van der Waals surface area contributed by atoms with E-state index in [1.165, 1.54) is 16.5 Å². The third-order valence-corrected chi connectivity index (χ3v) is 5.17. The number of aromatic nitrogens is 2. The van der Waals surface area contributed by atoms with Gasteiger partial charge >= 0.3 is 0 Å². The molecule has 0 saturated heterocycles. The first-order valence-electron chi connectivity index (χ1n) is 10.4. The maximum atomic E-state index is 12.3. The summed E-state index contributed by atoms with van der Waals surface area (Å²) in [6.45, 7) is 1.44. The van der Waals surface area contributed by atoms with Crippen LogP contribution >= 0.6 is 0 Å². The number of amides is 1. The van der Waals surface area contributed by atoms with Gasteiger partial charge in [-0.1, -0.05) is 48.5 Å². The predicted molar refractivity (Wildman–Crippen MR) is 122 cm³/mol. The lowest BCUT2D eigenvalue weighted by Gasteiger charge is -2.08. The fourth-order valence-electron chi connectivity index (χ4n) is 3.54. The topological polar surface area (TPSA) is 69.8 Å². The Labute approximate surface area is 176 Å². The zero-order valence-corrected chi connectivity index (χ0v) is 16.9. The van der Waals surface area contributed by atoms with Gasteiger partial charge in [-0.15, -0.1) is 0 Å². The summed E-state index contributed by atoms with van der Waals surface area (Å²) < 4.78 is 0. The van der Waals surface area contributed by atoms with Gasteiger partial charge in [-0.2, -0.15) is 0 Å². The number of carbonyl (C=O) groups excluding carboxylic acids is 1. The van der Waals surface area contributed by atoms with Crippen molar-refractivity contribution >= 4 is 22.5 Å². The Kier molecular flexibility index (Phi) is 6.40. The van der Waals surface area contributed by atoms with Crippen LogP contribution in [-0.4, -0.2) is 29.0 Å². The maximum absolute atomic E-state index is 12.3. The predicted octanol–water partition coefficient (Wildman–Crippen LogP) is 4.58. The van der Waals surface area contributed by atoms with Crippen molar-refractivity contribution in [1.82, 2.24) is 15.3 Å². The number of pyridine rings is 1. The van der Waals surface area contributed by atoms with E-state index in [1.807, 2.05) is 30.3 Å². The highest BCUT2D eigenvalue weighted by Gasteiger charge is 2.07. The van der Waals surface area contributed by atoms with Gasteiger partial charge < -0.3 is 15.6 Å². The van der Waals surface area contributed by atoms with E-state index < -0.39 is 0 Å². The molecule has 4 aromatic rings. The van der Waals surface area contributed by atoms with Gasteiger partial charge in [0.25, 0.3) is 5.91 Å². The molecular weight excluding hydrogens is 372 g/mol. The number of H-pyrrole nitrogens is 1. The lowest BCUT2D eigenvalue weighted by Crippen LogP contribution is -2.25. The number of hydrogen-bond donors (Lipinski definition) is 3. The van der Waals surface area contributed by atoms with E-state index in [0.717, 1.165) is 37.0 Å². The molecule has 3 N–H and O–H groups in total. The van der Waals surface area contributed by atoms with Crippen molar-refractivity contribution in [2.24, 2.45) is 0 Å². The molecule has 30 heavy (non-hydrogen) atoms. The third-order valence-electron chi connectivity index (χ3n) is 5.17. The standard InChI is InChI=1S/C25H26N4O/c30-25(27-15-6-9-19-7-2-1-3-8-19)24-13-12-21(18-29-24)26-16-14-20-17-28-23-11-5-4-10-22(20)23/h1-5,7-8,10-13,17-18,26,28H,6,9,14-16H2,(H,27,30). The normalized spacial score (nSPS) is 10.8. The number of rotatable bonds is 9. The van der Waals surface area contributed by atoms with E-state index in [9.17, 15) is 4.79 Å². The Hall–Kier alpha value is -3.60. The van der Waals surface area contributed by atoms with Crippen LogP contribution in [0.1, 0.15) is 28.0 Å². The summed E-state index contributed by atoms with van der Waals surface area (Å²) in [5, 5.41) is 7.58. The summed E-state index contributed by atoms with van der Waals surface area (Å²) in [5.74, 6) is -0.131. The fourth-order valence-corrected chi connectivity index (χ4v) is 3.54. The zero-order valence-electron chi connectivity index (χ0n) is 16.9. The quantitative estimate of drug-likeness (QED) is 0.362. The first kappa shape index (κ1) is 19.7. The van der Waals surface area contributed by atoms with Gasteiger partial charge in [0, 0.05) is 30.2 Å². The number of nitrogens with one attached hydrogen (secondary N) is 3. The molecule has 0 spiro atoms. The minimum absolute atomic E-state index is 0.131. The largest absolute Gasteiger partial charge is 0.383 e. The van der Waals surface area contributed by atoms with Gasteiger partial charge in [0.1, 0.15) is 5.69 Å². The second kappa shape index (κ2) is 9.74. The molecule has 0 aliphatic rings. The second-order valence-electron chi connectivity index (χ2n) is 7.31. The van der Waals surface area contributed by atoms with E-state index in [-0.39, 0.29) is 5.91 Å². The molecule has 5 heteroatoms. The molecule has 0 saturated carbocycles. The summed E-state index contributed by atoms with van der Waals surface area (Å²) in [6, 6.07) is 22.3. The molecule has 0 fully saturated rings. The minimum atomic E-state index is -0.131. The van der Waals surface area contributed by atoms with Crippen LogP contribution in [0.5, 0.6) is 0 Å². The highest BCUT2D eigenvalue weighted by Crippen LogP contribution is 2.18. The van der Waals surface area contributed by atoms with Crippen LogP contribution in [0.3, 0.4) is 0 Å².